The number of hydrogen-bond donors (Lipinski definition) is 0. The normalized spacial score (nSPS) is 18.2. The van der Waals surface area contributed by atoms with E-state index in [1.807, 2.05) is 6.92 Å². The quantitative estimate of drug-likeness (QED) is 0.361. The van der Waals surface area contributed by atoms with Crippen molar-refractivity contribution < 1.29 is 14.3 Å². The van der Waals surface area contributed by atoms with Crippen LogP contribution in [0.3, 0.4) is 0 Å². The van der Waals surface area contributed by atoms with Crippen LogP contribution in [0.15, 0.2) is 13.4 Å². The van der Waals surface area contributed by atoms with Crippen LogP contribution in [0.1, 0.15) is 43.0 Å². The Labute approximate surface area is 168 Å². The summed E-state index contributed by atoms with van der Waals surface area (Å²) in [6.07, 6.45) is 4.05. The van der Waals surface area contributed by atoms with Crippen molar-refractivity contribution in [3.05, 3.63) is 30.2 Å². The summed E-state index contributed by atoms with van der Waals surface area (Å²) in [4.78, 5) is 38.0. The minimum absolute atomic E-state index is 0.189. The molecule has 2 atom stereocenters. The molecule has 0 radical (unpaired) electrons. The molecule has 148 valence electrons. The summed E-state index contributed by atoms with van der Waals surface area (Å²) in [5.41, 5.74) is -0.396. The standard InChI is InChI=1S/C18H24BrN2O5S/c1-3-27-15(19)12(11-22)14-16(23)21(18(24)20(2)17(14)27)8-6-10-26-13-7-4-5-9-25-13/h11,13H,3-10H2,1-2H3/q+1. The van der Waals surface area contributed by atoms with E-state index in [-0.39, 0.29) is 18.5 Å². The van der Waals surface area contributed by atoms with Crippen LogP contribution in [0, 0.1) is 0 Å². The average Bonchev–Trinajstić information content (AvgIpc) is 2.98. The van der Waals surface area contributed by atoms with Gasteiger partial charge in [0.25, 0.3) is 10.4 Å². The number of carbonyl (C=O) groups is 1. The van der Waals surface area contributed by atoms with Crippen molar-refractivity contribution in [1.82, 2.24) is 9.13 Å². The zero-order valence-corrected chi connectivity index (χ0v) is 17.9. The number of fused-ring (bicyclic) bond motifs is 1. The number of aryl methyl sites for hydroxylation is 2. The smallest absolute Gasteiger partial charge is 0.334 e. The summed E-state index contributed by atoms with van der Waals surface area (Å²) in [7, 11) is 1.20. The summed E-state index contributed by atoms with van der Waals surface area (Å²) < 4.78 is 14.6. The molecule has 2 aromatic rings. The molecule has 9 heteroatoms. The predicted molar refractivity (Wildman–Crippen MR) is 109 cm³/mol. The van der Waals surface area contributed by atoms with E-state index in [4.69, 9.17) is 9.47 Å². The van der Waals surface area contributed by atoms with Crippen LogP contribution in [0.5, 0.6) is 0 Å². The van der Waals surface area contributed by atoms with E-state index in [0.29, 0.717) is 45.5 Å². The molecule has 0 bridgehead atoms. The molecule has 27 heavy (non-hydrogen) atoms. The van der Waals surface area contributed by atoms with Crippen molar-refractivity contribution in [3.8, 4) is 0 Å². The Kier molecular flexibility index (Phi) is 6.67. The lowest BCUT2D eigenvalue weighted by Crippen LogP contribution is -2.39. The van der Waals surface area contributed by atoms with E-state index in [9.17, 15) is 14.4 Å². The van der Waals surface area contributed by atoms with Gasteiger partial charge in [-0.3, -0.25) is 18.7 Å². The summed E-state index contributed by atoms with van der Waals surface area (Å²) in [5.74, 6) is 0.719. The second-order valence-electron chi connectivity index (χ2n) is 6.48. The van der Waals surface area contributed by atoms with Crippen LogP contribution in [0.2, 0.25) is 0 Å². The number of rotatable bonds is 7. The first-order valence-electron chi connectivity index (χ1n) is 9.14. The summed E-state index contributed by atoms with van der Waals surface area (Å²) in [5, 5.41) is 0.348. The van der Waals surface area contributed by atoms with Crippen molar-refractivity contribution >= 4 is 42.9 Å². The van der Waals surface area contributed by atoms with E-state index in [1.54, 1.807) is 7.05 Å². The molecule has 0 spiro atoms. The second kappa shape index (κ2) is 8.81. The number of halogens is 1. The van der Waals surface area contributed by atoms with E-state index in [1.165, 1.54) is 9.13 Å². The Morgan fingerprint density at radius 3 is 2.78 bits per heavy atom. The van der Waals surface area contributed by atoms with E-state index in [0.717, 1.165) is 25.0 Å². The fourth-order valence-electron chi connectivity index (χ4n) is 3.43. The maximum atomic E-state index is 13.0. The number of ether oxygens (including phenoxy) is 2. The zero-order valence-electron chi connectivity index (χ0n) is 15.5. The largest absolute Gasteiger partial charge is 0.353 e. The van der Waals surface area contributed by atoms with E-state index >= 15 is 0 Å². The minimum atomic E-state index is -0.462. The second-order valence-corrected chi connectivity index (χ2v) is 9.96. The molecular formula is C18H24BrN2O5S+. The number of aromatic nitrogens is 2. The Morgan fingerprint density at radius 1 is 1.37 bits per heavy atom. The first-order valence-corrected chi connectivity index (χ1v) is 11.3. The van der Waals surface area contributed by atoms with Crippen molar-refractivity contribution in [2.45, 2.75) is 51.2 Å². The topological polar surface area (TPSA) is 79.5 Å². The highest BCUT2D eigenvalue weighted by molar-refractivity contribution is 9.11. The van der Waals surface area contributed by atoms with Crippen molar-refractivity contribution in [2.24, 2.45) is 7.05 Å². The molecule has 0 aliphatic carbocycles. The van der Waals surface area contributed by atoms with Gasteiger partial charge in [-0.05, 0) is 32.6 Å². The van der Waals surface area contributed by atoms with Crippen LogP contribution in [-0.2, 0) is 28.8 Å². The van der Waals surface area contributed by atoms with Crippen LogP contribution in [0.25, 0.3) is 10.2 Å². The summed E-state index contributed by atoms with van der Waals surface area (Å²) in [6, 6.07) is 0. The van der Waals surface area contributed by atoms with E-state index < -0.39 is 16.0 Å². The Bertz CT molecular complexity index is 956. The van der Waals surface area contributed by atoms with Crippen LogP contribution >= 0.6 is 26.4 Å². The Morgan fingerprint density at radius 2 is 2.15 bits per heavy atom. The lowest BCUT2D eigenvalue weighted by molar-refractivity contribution is -0.163. The third-order valence-corrected chi connectivity index (χ3v) is 8.57. The number of carbonyl (C=O) groups excluding carboxylic acids is 1. The lowest BCUT2D eigenvalue weighted by atomic mass is 10.2. The third kappa shape index (κ3) is 3.83. The molecule has 1 aliphatic heterocycles. The molecule has 2 unspecified atom stereocenters. The van der Waals surface area contributed by atoms with Gasteiger partial charge in [-0.25, -0.2) is 4.79 Å². The molecule has 7 nitrogen and oxygen atoms in total. The number of thiophene rings is 1. The highest BCUT2D eigenvalue weighted by Crippen LogP contribution is 2.42. The highest BCUT2D eigenvalue weighted by atomic mass is 79.9. The molecule has 0 saturated carbocycles. The van der Waals surface area contributed by atoms with Gasteiger partial charge in [0.2, 0.25) is 3.79 Å². The minimum Gasteiger partial charge on any atom is -0.353 e. The number of aldehydes is 1. The molecule has 0 amide bonds. The van der Waals surface area contributed by atoms with Crippen LogP contribution < -0.4 is 11.2 Å². The SMILES string of the molecule is CC[s+]1c(Br)c(C=O)c2c(=O)n(CCCOC3CCCCO3)c(=O)n(C)c21. The van der Waals surface area contributed by atoms with E-state index in [2.05, 4.69) is 15.9 Å². The Hall–Kier alpha value is -1.29. The van der Waals surface area contributed by atoms with Crippen LogP contribution in [-0.4, -0.2) is 34.9 Å². The average molecular weight is 460 g/mol. The monoisotopic (exact) mass is 459 g/mol. The number of nitrogens with zero attached hydrogens (tertiary/aromatic N) is 2. The zero-order chi connectivity index (χ0) is 19.6. The predicted octanol–water partition coefficient (Wildman–Crippen LogP) is 2.98. The van der Waals surface area contributed by atoms with Gasteiger partial charge in [0, 0.05) is 46.6 Å². The molecule has 1 fully saturated rings. The van der Waals surface area contributed by atoms with Crippen molar-refractivity contribution in [2.75, 3.05) is 13.2 Å². The van der Waals surface area contributed by atoms with Gasteiger partial charge in [-0.2, -0.15) is 0 Å². The molecular weight excluding hydrogens is 436 g/mol. The first kappa shape index (κ1) is 20.4. The fraction of sp³-hybridized carbons (Fsp3) is 0.611. The molecule has 0 N–H and O–H groups in total. The van der Waals surface area contributed by atoms with Gasteiger partial charge in [0.1, 0.15) is 16.7 Å². The van der Waals surface area contributed by atoms with Crippen molar-refractivity contribution in [3.63, 3.8) is 0 Å². The third-order valence-electron chi connectivity index (χ3n) is 4.80. The molecule has 3 heterocycles. The Balaban J connectivity index is 1.88. The maximum absolute atomic E-state index is 13.0. The van der Waals surface area contributed by atoms with Gasteiger partial charge in [0.15, 0.2) is 12.6 Å². The molecule has 1 aliphatic rings. The van der Waals surface area contributed by atoms with Crippen molar-refractivity contribution in [1.29, 1.82) is 0 Å². The fourth-order valence-corrected chi connectivity index (χ4v) is 6.83. The first-order chi connectivity index (χ1) is 13.0. The molecule has 2 aromatic heterocycles. The molecule has 3 rings (SSSR count). The van der Waals surface area contributed by atoms with Gasteiger partial charge < -0.3 is 9.47 Å². The lowest BCUT2D eigenvalue weighted by Gasteiger charge is -2.22. The summed E-state index contributed by atoms with van der Waals surface area (Å²) in [6.45, 7) is 3.35. The maximum Gasteiger partial charge on any atom is 0.334 e. The van der Waals surface area contributed by atoms with Gasteiger partial charge in [0.05, 0.1) is 6.61 Å². The van der Waals surface area contributed by atoms with Gasteiger partial charge in [-0.1, -0.05) is 0 Å². The van der Waals surface area contributed by atoms with Gasteiger partial charge >= 0.3 is 5.69 Å². The molecule has 1 saturated heterocycles. The summed E-state index contributed by atoms with van der Waals surface area (Å²) >= 11 is 3.46. The van der Waals surface area contributed by atoms with Gasteiger partial charge in [-0.15, -0.1) is 0 Å². The molecule has 0 aromatic carbocycles. The van der Waals surface area contributed by atoms with Crippen LogP contribution in [0.4, 0.5) is 0 Å². The number of hydrogen-bond acceptors (Lipinski definition) is 5. The highest BCUT2D eigenvalue weighted by Gasteiger charge is 2.30.